The monoisotopic (exact) mass is 411 g/mol. The van der Waals surface area contributed by atoms with Gasteiger partial charge in [0.1, 0.15) is 17.2 Å². The van der Waals surface area contributed by atoms with Crippen molar-refractivity contribution in [2.45, 2.75) is 11.8 Å². The van der Waals surface area contributed by atoms with Crippen LogP contribution < -0.4 is 9.46 Å². The summed E-state index contributed by atoms with van der Waals surface area (Å²) in [4.78, 5) is 4.56. The van der Waals surface area contributed by atoms with Crippen LogP contribution >= 0.6 is 0 Å². The number of nitrogens with one attached hydrogen (secondary N) is 1. The van der Waals surface area contributed by atoms with Gasteiger partial charge < -0.3 is 9.14 Å². The fraction of sp³-hybridized carbons (Fsp3) is 0.0952. The van der Waals surface area contributed by atoms with E-state index >= 15 is 0 Å². The molecule has 6 nitrogen and oxygen atoms in total. The standard InChI is InChI=1S/C21H18FN3O3S/c1-14-9-10-25-13-19(23-21(25)11-14)15-3-8-20(28-2)18(12-15)24-29(26,27)17-6-4-16(22)5-7-17/h3-13,24H,1-2H3. The van der Waals surface area contributed by atoms with Crippen molar-refractivity contribution < 1.29 is 17.5 Å². The van der Waals surface area contributed by atoms with Gasteiger partial charge in [-0.25, -0.2) is 17.8 Å². The highest BCUT2D eigenvalue weighted by molar-refractivity contribution is 7.92. The SMILES string of the molecule is COc1ccc(-c2cn3ccc(C)cc3n2)cc1NS(=O)(=O)c1ccc(F)cc1. The molecule has 4 aromatic rings. The maximum atomic E-state index is 13.1. The van der Waals surface area contributed by atoms with Crippen molar-refractivity contribution >= 4 is 21.4 Å². The lowest BCUT2D eigenvalue weighted by Crippen LogP contribution is -2.13. The van der Waals surface area contributed by atoms with Gasteiger partial charge in [0.2, 0.25) is 0 Å². The van der Waals surface area contributed by atoms with E-state index in [1.165, 1.54) is 19.2 Å². The van der Waals surface area contributed by atoms with E-state index in [1.807, 2.05) is 41.9 Å². The molecule has 0 aliphatic rings. The van der Waals surface area contributed by atoms with Crippen LogP contribution in [0.4, 0.5) is 10.1 Å². The van der Waals surface area contributed by atoms with Gasteiger partial charge in [0.15, 0.2) is 0 Å². The second kappa shape index (κ2) is 7.21. The number of fused-ring (bicyclic) bond motifs is 1. The third-order valence-electron chi connectivity index (χ3n) is 4.48. The Bertz CT molecular complexity index is 1300. The number of nitrogens with zero attached hydrogens (tertiary/aromatic N) is 2. The molecule has 0 unspecified atom stereocenters. The average Bonchev–Trinajstić information content (AvgIpc) is 3.11. The van der Waals surface area contributed by atoms with E-state index in [2.05, 4.69) is 9.71 Å². The molecule has 0 atom stereocenters. The smallest absolute Gasteiger partial charge is 0.262 e. The molecule has 0 spiro atoms. The number of benzene rings is 2. The number of imidazole rings is 1. The van der Waals surface area contributed by atoms with E-state index in [0.717, 1.165) is 28.9 Å². The maximum absolute atomic E-state index is 13.1. The summed E-state index contributed by atoms with van der Waals surface area (Å²) in [7, 11) is -2.46. The number of aromatic nitrogens is 2. The van der Waals surface area contributed by atoms with Gasteiger partial charge in [-0.15, -0.1) is 0 Å². The highest BCUT2D eigenvalue weighted by Crippen LogP contribution is 2.32. The van der Waals surface area contributed by atoms with Gasteiger partial charge in [-0.3, -0.25) is 4.72 Å². The first-order chi connectivity index (χ1) is 13.9. The van der Waals surface area contributed by atoms with Crippen LogP contribution in [0.2, 0.25) is 0 Å². The number of hydrogen-bond acceptors (Lipinski definition) is 4. The number of rotatable bonds is 5. The quantitative estimate of drug-likeness (QED) is 0.533. The number of sulfonamides is 1. The molecule has 2 aromatic heterocycles. The Labute approximate surface area is 167 Å². The molecule has 2 aromatic carbocycles. The maximum Gasteiger partial charge on any atom is 0.262 e. The molecule has 29 heavy (non-hydrogen) atoms. The molecule has 8 heteroatoms. The zero-order chi connectivity index (χ0) is 20.6. The normalized spacial score (nSPS) is 11.6. The van der Waals surface area contributed by atoms with Gasteiger partial charge >= 0.3 is 0 Å². The first kappa shape index (κ1) is 18.9. The summed E-state index contributed by atoms with van der Waals surface area (Å²) < 4.78 is 48.2. The summed E-state index contributed by atoms with van der Waals surface area (Å²) in [5, 5.41) is 0. The van der Waals surface area contributed by atoms with Crippen LogP contribution in [0.1, 0.15) is 5.56 Å². The van der Waals surface area contributed by atoms with E-state index in [0.29, 0.717) is 11.4 Å². The predicted molar refractivity (Wildman–Crippen MR) is 109 cm³/mol. The molecule has 0 aliphatic heterocycles. The summed E-state index contributed by atoms with van der Waals surface area (Å²) in [5.41, 5.74) is 3.58. The number of aryl methyl sites for hydroxylation is 1. The summed E-state index contributed by atoms with van der Waals surface area (Å²) in [6.07, 6.45) is 3.79. The van der Waals surface area contributed by atoms with E-state index in [-0.39, 0.29) is 10.6 Å². The third-order valence-corrected chi connectivity index (χ3v) is 5.86. The molecule has 0 aliphatic carbocycles. The van der Waals surface area contributed by atoms with Crippen LogP contribution in [0.3, 0.4) is 0 Å². The van der Waals surface area contributed by atoms with Crippen LogP contribution in [0.25, 0.3) is 16.9 Å². The van der Waals surface area contributed by atoms with E-state index in [4.69, 9.17) is 4.74 Å². The molecule has 2 heterocycles. The first-order valence-electron chi connectivity index (χ1n) is 8.78. The number of methoxy groups -OCH3 is 1. The van der Waals surface area contributed by atoms with Crippen molar-refractivity contribution in [1.82, 2.24) is 9.38 Å². The molecule has 0 amide bonds. The molecular weight excluding hydrogens is 393 g/mol. The molecule has 4 rings (SSSR count). The van der Waals surface area contributed by atoms with Crippen LogP contribution in [-0.4, -0.2) is 24.9 Å². The Balaban J connectivity index is 1.74. The molecular formula is C21H18FN3O3S. The number of halogens is 1. The minimum absolute atomic E-state index is 0.0467. The molecule has 0 saturated heterocycles. The Morgan fingerprint density at radius 2 is 1.83 bits per heavy atom. The number of ether oxygens (including phenoxy) is 1. The van der Waals surface area contributed by atoms with Gasteiger partial charge in [-0.1, -0.05) is 0 Å². The molecule has 148 valence electrons. The molecule has 0 radical (unpaired) electrons. The van der Waals surface area contributed by atoms with Crippen molar-refractivity contribution in [2.75, 3.05) is 11.8 Å². The second-order valence-corrected chi connectivity index (χ2v) is 8.25. The molecule has 1 N–H and O–H groups in total. The molecule has 0 fully saturated rings. The van der Waals surface area contributed by atoms with E-state index in [1.54, 1.807) is 12.1 Å². The fourth-order valence-electron chi connectivity index (χ4n) is 2.99. The largest absolute Gasteiger partial charge is 0.495 e. The summed E-state index contributed by atoms with van der Waals surface area (Å²) >= 11 is 0. The van der Waals surface area contributed by atoms with Gasteiger partial charge in [0.05, 0.1) is 23.4 Å². The van der Waals surface area contributed by atoms with Crippen LogP contribution in [0.5, 0.6) is 5.75 Å². The lowest BCUT2D eigenvalue weighted by atomic mass is 10.1. The van der Waals surface area contributed by atoms with Crippen molar-refractivity contribution in [3.05, 3.63) is 78.4 Å². The van der Waals surface area contributed by atoms with Crippen LogP contribution in [0.15, 0.2) is 71.9 Å². The Kier molecular flexibility index (Phi) is 4.71. The van der Waals surface area contributed by atoms with Crippen LogP contribution in [0, 0.1) is 12.7 Å². The Morgan fingerprint density at radius 1 is 1.07 bits per heavy atom. The Hall–Kier alpha value is -3.39. The van der Waals surface area contributed by atoms with Crippen molar-refractivity contribution in [3.63, 3.8) is 0 Å². The Morgan fingerprint density at radius 3 is 2.55 bits per heavy atom. The minimum Gasteiger partial charge on any atom is -0.495 e. The van der Waals surface area contributed by atoms with Gasteiger partial charge in [-0.05, 0) is 67.1 Å². The molecule has 0 bridgehead atoms. The van der Waals surface area contributed by atoms with Gasteiger partial charge in [0.25, 0.3) is 10.0 Å². The number of pyridine rings is 1. The van der Waals surface area contributed by atoms with E-state index < -0.39 is 15.8 Å². The van der Waals surface area contributed by atoms with Gasteiger partial charge in [0, 0.05) is 18.0 Å². The predicted octanol–water partition coefficient (Wildman–Crippen LogP) is 4.26. The number of anilines is 1. The lowest BCUT2D eigenvalue weighted by molar-refractivity contribution is 0.417. The van der Waals surface area contributed by atoms with Crippen LogP contribution in [-0.2, 0) is 10.0 Å². The zero-order valence-electron chi connectivity index (χ0n) is 15.8. The fourth-order valence-corrected chi connectivity index (χ4v) is 4.05. The highest BCUT2D eigenvalue weighted by atomic mass is 32.2. The molecule has 0 saturated carbocycles. The zero-order valence-corrected chi connectivity index (χ0v) is 16.6. The minimum atomic E-state index is -3.91. The second-order valence-electron chi connectivity index (χ2n) is 6.57. The van der Waals surface area contributed by atoms with Crippen molar-refractivity contribution in [3.8, 4) is 17.0 Å². The highest BCUT2D eigenvalue weighted by Gasteiger charge is 2.18. The average molecular weight is 411 g/mol. The van der Waals surface area contributed by atoms with Crippen molar-refractivity contribution in [2.24, 2.45) is 0 Å². The first-order valence-corrected chi connectivity index (χ1v) is 10.3. The lowest BCUT2D eigenvalue weighted by Gasteiger charge is -2.13. The number of hydrogen-bond donors (Lipinski definition) is 1. The summed E-state index contributed by atoms with van der Waals surface area (Å²) in [6.45, 7) is 1.99. The summed E-state index contributed by atoms with van der Waals surface area (Å²) in [6, 6.07) is 13.7. The third kappa shape index (κ3) is 3.79. The van der Waals surface area contributed by atoms with Gasteiger partial charge in [-0.2, -0.15) is 0 Å². The summed E-state index contributed by atoms with van der Waals surface area (Å²) in [5.74, 6) is -0.148. The van der Waals surface area contributed by atoms with Crippen molar-refractivity contribution in [1.29, 1.82) is 0 Å². The topological polar surface area (TPSA) is 72.7 Å². The van der Waals surface area contributed by atoms with E-state index in [9.17, 15) is 12.8 Å².